The number of amides is 1. The minimum atomic E-state index is 0.176. The third-order valence-corrected chi connectivity index (χ3v) is 5.03. The number of furan rings is 1. The van der Waals surface area contributed by atoms with Gasteiger partial charge in [-0.25, -0.2) is 0 Å². The number of aryl methyl sites for hydroxylation is 2. The van der Waals surface area contributed by atoms with Gasteiger partial charge in [0, 0.05) is 44.6 Å². The van der Waals surface area contributed by atoms with Crippen LogP contribution in [0.3, 0.4) is 0 Å². The number of hydrogen-bond acceptors (Lipinski definition) is 6. The van der Waals surface area contributed by atoms with Gasteiger partial charge in [-0.05, 0) is 19.1 Å². The van der Waals surface area contributed by atoms with Crippen LogP contribution in [0.25, 0.3) is 11.4 Å². The molecule has 2 aromatic heterocycles. The number of carbonyl (C=O) groups excluding carboxylic acids is 1. The zero-order valence-electron chi connectivity index (χ0n) is 16.0. The van der Waals surface area contributed by atoms with E-state index in [0.717, 1.165) is 37.5 Å². The summed E-state index contributed by atoms with van der Waals surface area (Å²) in [5.74, 6) is 2.25. The zero-order valence-corrected chi connectivity index (χ0v) is 16.0. The number of carbonyl (C=O) groups is 1. The first-order valence-electron chi connectivity index (χ1n) is 9.59. The summed E-state index contributed by atoms with van der Waals surface area (Å²) in [7, 11) is 0. The van der Waals surface area contributed by atoms with Crippen LogP contribution in [0.1, 0.15) is 23.6 Å². The monoisotopic (exact) mass is 380 g/mol. The topological polar surface area (TPSA) is 75.6 Å². The van der Waals surface area contributed by atoms with Crippen molar-refractivity contribution in [1.29, 1.82) is 0 Å². The van der Waals surface area contributed by atoms with Crippen LogP contribution in [-0.4, -0.2) is 52.0 Å². The maximum atomic E-state index is 12.4. The molecule has 146 valence electrons. The molecule has 28 heavy (non-hydrogen) atoms. The Morgan fingerprint density at radius 2 is 1.89 bits per heavy atom. The summed E-state index contributed by atoms with van der Waals surface area (Å²) in [5.41, 5.74) is 2.15. The van der Waals surface area contributed by atoms with Crippen molar-refractivity contribution in [1.82, 2.24) is 19.9 Å². The second-order valence-corrected chi connectivity index (χ2v) is 7.11. The van der Waals surface area contributed by atoms with Crippen molar-refractivity contribution in [2.24, 2.45) is 0 Å². The molecule has 1 aliphatic rings. The molecular weight excluding hydrogens is 356 g/mol. The molecule has 0 N–H and O–H groups in total. The van der Waals surface area contributed by atoms with Gasteiger partial charge in [0.15, 0.2) is 0 Å². The van der Waals surface area contributed by atoms with Gasteiger partial charge in [0.2, 0.25) is 17.6 Å². The quantitative estimate of drug-likeness (QED) is 0.655. The van der Waals surface area contributed by atoms with E-state index in [4.69, 9.17) is 8.94 Å². The first-order valence-corrected chi connectivity index (χ1v) is 9.59. The second-order valence-electron chi connectivity index (χ2n) is 7.11. The number of hydrogen-bond donors (Lipinski definition) is 0. The molecule has 1 saturated heterocycles. The lowest BCUT2D eigenvalue weighted by molar-refractivity contribution is -0.133. The van der Waals surface area contributed by atoms with E-state index in [1.165, 1.54) is 5.56 Å². The SMILES string of the molecule is Cc1ccc(-c2noc(CN3CCN(C(=O)CCc4ccco4)CC3)n2)cc1. The Morgan fingerprint density at radius 3 is 2.61 bits per heavy atom. The average molecular weight is 380 g/mol. The third kappa shape index (κ3) is 4.48. The predicted octanol–water partition coefficient (Wildman–Crippen LogP) is 2.92. The highest BCUT2D eigenvalue weighted by molar-refractivity contribution is 5.76. The molecule has 1 amide bonds. The molecule has 3 heterocycles. The van der Waals surface area contributed by atoms with Crippen molar-refractivity contribution in [3.8, 4) is 11.4 Å². The fraction of sp³-hybridized carbons (Fsp3) is 0.381. The van der Waals surface area contributed by atoms with E-state index in [0.29, 0.717) is 31.1 Å². The van der Waals surface area contributed by atoms with E-state index >= 15 is 0 Å². The van der Waals surface area contributed by atoms with Gasteiger partial charge < -0.3 is 13.8 Å². The Hall–Kier alpha value is -2.93. The fourth-order valence-electron chi connectivity index (χ4n) is 3.33. The fourth-order valence-corrected chi connectivity index (χ4v) is 3.33. The third-order valence-electron chi connectivity index (χ3n) is 5.03. The van der Waals surface area contributed by atoms with E-state index < -0.39 is 0 Å². The average Bonchev–Trinajstić information content (AvgIpc) is 3.39. The largest absolute Gasteiger partial charge is 0.469 e. The van der Waals surface area contributed by atoms with Crippen molar-refractivity contribution in [2.45, 2.75) is 26.3 Å². The molecule has 0 spiro atoms. The van der Waals surface area contributed by atoms with E-state index in [1.807, 2.05) is 48.2 Å². The van der Waals surface area contributed by atoms with Gasteiger partial charge in [0.05, 0.1) is 12.8 Å². The molecule has 3 aromatic rings. The molecule has 4 rings (SSSR count). The van der Waals surface area contributed by atoms with Gasteiger partial charge in [-0.15, -0.1) is 0 Å². The standard InChI is InChI=1S/C21H24N4O3/c1-16-4-6-17(7-5-16)21-22-19(28-23-21)15-24-10-12-25(13-11-24)20(26)9-8-18-3-2-14-27-18/h2-7,14H,8-13,15H2,1H3. The molecule has 1 aromatic carbocycles. The molecule has 7 heteroatoms. The number of benzene rings is 1. The summed E-state index contributed by atoms with van der Waals surface area (Å²) in [6, 6.07) is 11.8. The van der Waals surface area contributed by atoms with E-state index in [2.05, 4.69) is 15.0 Å². The maximum absolute atomic E-state index is 12.4. The van der Waals surface area contributed by atoms with Crippen molar-refractivity contribution in [2.75, 3.05) is 26.2 Å². The van der Waals surface area contributed by atoms with Crippen LogP contribution < -0.4 is 0 Å². The lowest BCUT2D eigenvalue weighted by Crippen LogP contribution is -2.48. The molecule has 0 bridgehead atoms. The molecule has 1 fully saturated rings. The van der Waals surface area contributed by atoms with Crippen LogP contribution in [0, 0.1) is 6.92 Å². The van der Waals surface area contributed by atoms with E-state index in [-0.39, 0.29) is 5.91 Å². The van der Waals surface area contributed by atoms with Gasteiger partial charge in [-0.1, -0.05) is 35.0 Å². The summed E-state index contributed by atoms with van der Waals surface area (Å²) >= 11 is 0. The van der Waals surface area contributed by atoms with Gasteiger partial charge >= 0.3 is 0 Å². The molecule has 0 atom stereocenters. The smallest absolute Gasteiger partial charge is 0.241 e. The Bertz CT molecular complexity index is 894. The van der Waals surface area contributed by atoms with Crippen LogP contribution >= 0.6 is 0 Å². The number of piperazine rings is 1. The molecule has 1 aliphatic heterocycles. The highest BCUT2D eigenvalue weighted by atomic mass is 16.5. The van der Waals surface area contributed by atoms with Crippen molar-refractivity contribution in [3.05, 3.63) is 59.9 Å². The Morgan fingerprint density at radius 1 is 1.11 bits per heavy atom. The minimum absolute atomic E-state index is 0.176. The number of nitrogens with zero attached hydrogens (tertiary/aromatic N) is 4. The first-order chi connectivity index (χ1) is 13.7. The number of rotatable bonds is 6. The van der Waals surface area contributed by atoms with Gasteiger partial charge in [-0.2, -0.15) is 4.98 Å². The van der Waals surface area contributed by atoms with Crippen LogP contribution in [0.2, 0.25) is 0 Å². The van der Waals surface area contributed by atoms with Crippen molar-refractivity contribution >= 4 is 5.91 Å². The van der Waals surface area contributed by atoms with Crippen LogP contribution in [0.4, 0.5) is 0 Å². The predicted molar refractivity (Wildman–Crippen MR) is 103 cm³/mol. The van der Waals surface area contributed by atoms with Crippen molar-refractivity contribution in [3.63, 3.8) is 0 Å². The summed E-state index contributed by atoms with van der Waals surface area (Å²) in [5, 5.41) is 4.09. The lowest BCUT2D eigenvalue weighted by Gasteiger charge is -2.34. The second kappa shape index (κ2) is 8.39. The summed E-state index contributed by atoms with van der Waals surface area (Å²) in [6.45, 7) is 5.69. The molecule has 7 nitrogen and oxygen atoms in total. The first kappa shape index (κ1) is 18.4. The molecule has 0 saturated carbocycles. The van der Waals surface area contributed by atoms with Crippen LogP contribution in [0.15, 0.2) is 51.6 Å². The van der Waals surface area contributed by atoms with Gasteiger partial charge in [0.25, 0.3) is 0 Å². The normalized spacial score (nSPS) is 15.1. The maximum Gasteiger partial charge on any atom is 0.241 e. The summed E-state index contributed by atoms with van der Waals surface area (Å²) < 4.78 is 10.7. The number of aromatic nitrogens is 2. The Balaban J connectivity index is 1.25. The van der Waals surface area contributed by atoms with E-state index in [1.54, 1.807) is 6.26 Å². The van der Waals surface area contributed by atoms with E-state index in [9.17, 15) is 4.79 Å². The minimum Gasteiger partial charge on any atom is -0.469 e. The summed E-state index contributed by atoms with van der Waals surface area (Å²) in [6.07, 6.45) is 2.77. The van der Waals surface area contributed by atoms with Crippen LogP contribution in [0.5, 0.6) is 0 Å². The highest BCUT2D eigenvalue weighted by Crippen LogP contribution is 2.17. The van der Waals surface area contributed by atoms with Crippen molar-refractivity contribution < 1.29 is 13.7 Å². The Kier molecular flexibility index (Phi) is 5.53. The zero-order chi connectivity index (χ0) is 19.3. The summed E-state index contributed by atoms with van der Waals surface area (Å²) in [4.78, 5) is 21.0. The van der Waals surface area contributed by atoms with Crippen LogP contribution in [-0.2, 0) is 17.8 Å². The molecular formula is C21H24N4O3. The molecule has 0 aliphatic carbocycles. The van der Waals surface area contributed by atoms with Gasteiger partial charge in [0.1, 0.15) is 5.76 Å². The lowest BCUT2D eigenvalue weighted by atomic mass is 10.1. The Labute approximate surface area is 163 Å². The molecule has 0 unspecified atom stereocenters. The van der Waals surface area contributed by atoms with Gasteiger partial charge in [-0.3, -0.25) is 9.69 Å². The molecule has 0 radical (unpaired) electrons. The highest BCUT2D eigenvalue weighted by Gasteiger charge is 2.22.